The van der Waals surface area contributed by atoms with Crippen LogP contribution in [-0.2, 0) is 37.5 Å². The summed E-state index contributed by atoms with van der Waals surface area (Å²) in [7, 11) is -4.74. The number of unbranched alkanes of at least 4 members (excludes halogenated alkanes) is 9. The van der Waals surface area contributed by atoms with Crippen LogP contribution in [0.25, 0.3) is 0 Å². The van der Waals surface area contributed by atoms with E-state index in [9.17, 15) is 23.8 Å². The van der Waals surface area contributed by atoms with E-state index in [4.69, 9.17) is 24.8 Å². The van der Waals surface area contributed by atoms with Crippen LogP contribution >= 0.6 is 7.82 Å². The first kappa shape index (κ1) is 52.7. The maximum absolute atomic E-state index is 12.6. The lowest BCUT2D eigenvalue weighted by atomic mass is 10.1. The number of nitrogens with two attached hydrogens (primary N) is 1. The van der Waals surface area contributed by atoms with Gasteiger partial charge in [-0.1, -0.05) is 125 Å². The SMILES string of the molecule is CCCCC/C=C/C/C=C/C/C=C/C/C=C/CCCC(=O)O[C@H](COC(=O)CCCC/C=C/C/C=C/C/C=C/CCCCC)COP(=O)(O)OC[C@H](N)C(=O)O. The van der Waals surface area contributed by atoms with Gasteiger partial charge in [0.05, 0.1) is 13.2 Å². The molecule has 0 saturated heterocycles. The third kappa shape index (κ3) is 37.6. The highest BCUT2D eigenvalue weighted by Crippen LogP contribution is 2.43. The number of hydrogen-bond acceptors (Lipinski definition) is 9. The quantitative estimate of drug-likeness (QED) is 0.0236. The van der Waals surface area contributed by atoms with Crippen LogP contribution in [0.4, 0.5) is 0 Å². The lowest BCUT2D eigenvalue weighted by Crippen LogP contribution is -2.34. The Morgan fingerprint density at radius 2 is 0.946 bits per heavy atom. The molecule has 11 nitrogen and oxygen atoms in total. The minimum absolute atomic E-state index is 0.0721. The van der Waals surface area contributed by atoms with E-state index in [1.165, 1.54) is 38.5 Å². The summed E-state index contributed by atoms with van der Waals surface area (Å²) in [4.78, 5) is 45.8. The predicted molar refractivity (Wildman–Crippen MR) is 226 cm³/mol. The Morgan fingerprint density at radius 1 is 0.554 bits per heavy atom. The summed E-state index contributed by atoms with van der Waals surface area (Å²) in [6.07, 6.45) is 46.6. The fourth-order valence-corrected chi connectivity index (χ4v) is 5.60. The molecule has 0 fully saturated rings. The highest BCUT2D eigenvalue weighted by atomic mass is 31.2. The summed E-state index contributed by atoms with van der Waals surface area (Å²) in [5.74, 6) is -2.51. The van der Waals surface area contributed by atoms with Gasteiger partial charge in [0.1, 0.15) is 12.6 Å². The first-order valence-electron chi connectivity index (χ1n) is 20.6. The second-order valence-electron chi connectivity index (χ2n) is 13.4. The maximum atomic E-state index is 12.6. The second-order valence-corrected chi connectivity index (χ2v) is 14.9. The van der Waals surface area contributed by atoms with Crippen molar-refractivity contribution in [2.45, 2.75) is 154 Å². The average molecular weight is 806 g/mol. The normalized spacial score (nSPS) is 14.6. The number of aliphatic carboxylic acids is 1. The van der Waals surface area contributed by atoms with Gasteiger partial charge in [-0.15, -0.1) is 0 Å². The van der Waals surface area contributed by atoms with Gasteiger partial charge in [-0.2, -0.15) is 0 Å². The first-order chi connectivity index (χ1) is 27.1. The molecule has 0 spiro atoms. The highest BCUT2D eigenvalue weighted by Gasteiger charge is 2.28. The van der Waals surface area contributed by atoms with Crippen molar-refractivity contribution in [2.75, 3.05) is 19.8 Å². The minimum atomic E-state index is -4.74. The van der Waals surface area contributed by atoms with Gasteiger partial charge >= 0.3 is 25.7 Å². The molecule has 0 bridgehead atoms. The van der Waals surface area contributed by atoms with Gasteiger partial charge in [0.15, 0.2) is 6.10 Å². The number of carbonyl (C=O) groups excluding carboxylic acids is 2. The summed E-state index contributed by atoms with van der Waals surface area (Å²) in [5, 5.41) is 8.87. The minimum Gasteiger partial charge on any atom is -0.480 e. The second kappa shape index (κ2) is 38.5. The molecule has 0 amide bonds. The van der Waals surface area contributed by atoms with E-state index in [0.29, 0.717) is 19.3 Å². The van der Waals surface area contributed by atoms with Crippen LogP contribution in [-0.4, -0.2) is 59.9 Å². The molecule has 0 aliphatic rings. The third-order valence-electron chi connectivity index (χ3n) is 8.12. The first-order valence-corrected chi connectivity index (χ1v) is 22.1. The molecule has 0 rings (SSSR count). The van der Waals surface area contributed by atoms with Crippen LogP contribution < -0.4 is 5.73 Å². The van der Waals surface area contributed by atoms with Gasteiger partial charge in [-0.05, 0) is 89.9 Å². The van der Waals surface area contributed by atoms with Crippen LogP contribution in [0.1, 0.15) is 142 Å². The number of hydrogen-bond donors (Lipinski definition) is 3. The van der Waals surface area contributed by atoms with Gasteiger partial charge in [-0.25, -0.2) is 4.57 Å². The smallest absolute Gasteiger partial charge is 0.472 e. The number of phosphoric acid groups is 1. The van der Waals surface area contributed by atoms with Crippen LogP contribution in [0, 0.1) is 0 Å². The molecular weight excluding hydrogens is 733 g/mol. The lowest BCUT2D eigenvalue weighted by molar-refractivity contribution is -0.161. The summed E-state index contributed by atoms with van der Waals surface area (Å²) >= 11 is 0. The number of carboxylic acids is 1. The molecule has 56 heavy (non-hydrogen) atoms. The van der Waals surface area contributed by atoms with E-state index in [1.807, 2.05) is 12.2 Å². The van der Waals surface area contributed by atoms with Gasteiger partial charge in [-0.3, -0.25) is 23.4 Å². The maximum Gasteiger partial charge on any atom is 0.472 e. The molecule has 318 valence electrons. The van der Waals surface area contributed by atoms with Crippen molar-refractivity contribution in [3.8, 4) is 0 Å². The Bertz CT molecular complexity index is 1270. The number of ether oxygens (including phenoxy) is 2. The van der Waals surface area contributed by atoms with E-state index < -0.39 is 57.7 Å². The molecule has 0 aromatic carbocycles. The summed E-state index contributed by atoms with van der Waals surface area (Å²) in [5.41, 5.74) is 5.32. The molecule has 1 unspecified atom stereocenters. The third-order valence-corrected chi connectivity index (χ3v) is 9.07. The number of rotatable bonds is 37. The van der Waals surface area contributed by atoms with E-state index in [2.05, 4.69) is 91.3 Å². The summed E-state index contributed by atoms with van der Waals surface area (Å²) in [6, 6.07) is -1.54. The van der Waals surface area contributed by atoms with Gasteiger partial charge < -0.3 is 25.2 Å². The van der Waals surface area contributed by atoms with Gasteiger partial charge in [0.2, 0.25) is 0 Å². The average Bonchev–Trinajstić information content (AvgIpc) is 3.17. The van der Waals surface area contributed by atoms with E-state index in [0.717, 1.165) is 57.8 Å². The van der Waals surface area contributed by atoms with Crippen molar-refractivity contribution in [1.82, 2.24) is 0 Å². The lowest BCUT2D eigenvalue weighted by Gasteiger charge is -2.20. The van der Waals surface area contributed by atoms with Crippen molar-refractivity contribution in [3.63, 3.8) is 0 Å². The van der Waals surface area contributed by atoms with E-state index in [-0.39, 0.29) is 12.8 Å². The molecule has 0 radical (unpaired) electrons. The fraction of sp³-hybridized carbons (Fsp3) is 0.614. The van der Waals surface area contributed by atoms with Crippen molar-refractivity contribution < 1.29 is 47.5 Å². The molecule has 0 aromatic heterocycles. The standard InChI is InChI=1S/C44H72NO10P/c1-3-5-7-9-11-13-15-17-19-20-22-24-26-28-30-32-34-36-43(47)55-40(38-53-56(50,51)54-39-41(45)44(48)49)37-52-42(46)35-33-31-29-27-25-23-21-18-16-14-12-10-8-6-4-2/h11-14,17-19,21-22,24-25,27-28,30,40-41H,3-10,15-16,20,23,26,29,31-39,45H2,1-2H3,(H,48,49)(H,50,51)/b13-11+,14-12+,19-17+,21-18+,24-22+,27-25+,30-28+/t40-,41+/m1/s1. The number of esters is 2. The molecule has 12 heteroatoms. The Morgan fingerprint density at radius 3 is 1.39 bits per heavy atom. The van der Waals surface area contributed by atoms with Crippen molar-refractivity contribution in [1.29, 1.82) is 0 Å². The Hall–Kier alpha value is -3.34. The Labute approximate surface area is 337 Å². The fourth-order valence-electron chi connectivity index (χ4n) is 4.83. The van der Waals surface area contributed by atoms with E-state index in [1.54, 1.807) is 0 Å². The van der Waals surface area contributed by atoms with Crippen LogP contribution in [0.15, 0.2) is 85.1 Å². The van der Waals surface area contributed by atoms with Crippen LogP contribution in [0.2, 0.25) is 0 Å². The van der Waals surface area contributed by atoms with Crippen molar-refractivity contribution in [2.24, 2.45) is 5.73 Å². The summed E-state index contributed by atoms with van der Waals surface area (Å²) in [6.45, 7) is 2.62. The molecule has 4 N–H and O–H groups in total. The predicted octanol–water partition coefficient (Wildman–Crippen LogP) is 10.7. The van der Waals surface area contributed by atoms with Gasteiger partial charge in [0, 0.05) is 12.8 Å². The van der Waals surface area contributed by atoms with Crippen LogP contribution in [0.3, 0.4) is 0 Å². The summed E-state index contributed by atoms with van der Waals surface area (Å²) < 4.78 is 32.5. The van der Waals surface area contributed by atoms with Crippen LogP contribution in [0.5, 0.6) is 0 Å². The number of phosphoric ester groups is 1. The molecule has 3 atom stereocenters. The molecular formula is C44H72NO10P. The monoisotopic (exact) mass is 805 g/mol. The topological polar surface area (TPSA) is 172 Å². The van der Waals surface area contributed by atoms with Gasteiger partial charge in [0.25, 0.3) is 0 Å². The zero-order valence-corrected chi connectivity index (χ0v) is 35.1. The number of carboxylic acid groups (broad SMARTS) is 1. The molecule has 0 aliphatic heterocycles. The van der Waals surface area contributed by atoms with Crippen molar-refractivity contribution >= 4 is 25.7 Å². The van der Waals surface area contributed by atoms with E-state index >= 15 is 0 Å². The zero-order valence-electron chi connectivity index (χ0n) is 34.2. The molecule has 0 heterocycles. The molecule has 0 saturated carbocycles. The molecule has 0 aliphatic carbocycles. The molecule has 0 aromatic rings. The Balaban J connectivity index is 4.59. The van der Waals surface area contributed by atoms with Crippen molar-refractivity contribution in [3.05, 3.63) is 85.1 Å². The zero-order chi connectivity index (χ0) is 41.4. The number of allylic oxidation sites excluding steroid dienone is 14. The Kier molecular flexibility index (Phi) is 36.2. The highest BCUT2D eigenvalue weighted by molar-refractivity contribution is 7.47. The number of carbonyl (C=O) groups is 3. The largest absolute Gasteiger partial charge is 0.480 e.